The molecule has 1 aliphatic heterocycles. The zero-order valence-electron chi connectivity index (χ0n) is 11.0. The van der Waals surface area contributed by atoms with Crippen molar-refractivity contribution < 1.29 is 10.9 Å². The molecule has 0 radical (unpaired) electrons. The van der Waals surface area contributed by atoms with Gasteiger partial charge in [0.1, 0.15) is 0 Å². The van der Waals surface area contributed by atoms with Crippen molar-refractivity contribution in [2.75, 3.05) is 13.2 Å². The van der Waals surface area contributed by atoms with Gasteiger partial charge in [-0.1, -0.05) is 0 Å². The summed E-state index contributed by atoms with van der Waals surface area (Å²) in [6.07, 6.45) is 4.78. The Balaban J connectivity index is 2.52. The predicted molar refractivity (Wildman–Crippen MR) is 67.6 cm³/mol. The van der Waals surface area contributed by atoms with E-state index in [4.69, 9.17) is 10.9 Å². The second kappa shape index (κ2) is 7.90. The maximum atomic E-state index is 6.22. The van der Waals surface area contributed by atoms with Gasteiger partial charge in [-0.2, -0.15) is 0 Å². The number of hydrogen-bond acceptors (Lipinski definition) is 3. The van der Waals surface area contributed by atoms with Crippen LogP contribution in [0.4, 0.5) is 0 Å². The number of rotatable bonds is 7. The molecule has 96 valence electrons. The molecule has 0 aromatic rings. The summed E-state index contributed by atoms with van der Waals surface area (Å²) in [6, 6.07) is 0. The number of ether oxygens (including phenoxy) is 1. The second-order valence-electron chi connectivity index (χ2n) is 4.34. The van der Waals surface area contributed by atoms with E-state index in [1.54, 1.807) is 0 Å². The van der Waals surface area contributed by atoms with E-state index in [9.17, 15) is 0 Å². The van der Waals surface area contributed by atoms with Crippen LogP contribution in [0.2, 0.25) is 8.87 Å². The van der Waals surface area contributed by atoms with Gasteiger partial charge in [-0.15, -0.1) is 0 Å². The minimum atomic E-state index is -2.73. The van der Waals surface area contributed by atoms with Crippen molar-refractivity contribution in [3.8, 4) is 0 Å². The molecular formula is C12H26O3Sn. The fraction of sp³-hybridized carbons (Fsp3) is 1.00. The van der Waals surface area contributed by atoms with Gasteiger partial charge in [0, 0.05) is 0 Å². The van der Waals surface area contributed by atoms with Crippen molar-refractivity contribution in [1.29, 1.82) is 0 Å². The summed E-state index contributed by atoms with van der Waals surface area (Å²) >= 11 is -2.73. The molecule has 0 saturated carbocycles. The molecule has 3 nitrogen and oxygen atoms in total. The van der Waals surface area contributed by atoms with Gasteiger partial charge < -0.3 is 0 Å². The van der Waals surface area contributed by atoms with Crippen molar-refractivity contribution in [3.63, 3.8) is 0 Å². The molecular weight excluding hydrogens is 311 g/mol. The van der Waals surface area contributed by atoms with Crippen LogP contribution in [0, 0.1) is 0 Å². The van der Waals surface area contributed by atoms with Gasteiger partial charge in [0.25, 0.3) is 0 Å². The molecule has 16 heavy (non-hydrogen) atoms. The van der Waals surface area contributed by atoms with E-state index in [2.05, 4.69) is 13.8 Å². The van der Waals surface area contributed by atoms with Crippen LogP contribution in [0.5, 0.6) is 0 Å². The molecule has 0 aromatic carbocycles. The van der Waals surface area contributed by atoms with E-state index in [-0.39, 0.29) is 6.29 Å². The first-order valence-corrected chi connectivity index (χ1v) is 13.1. The molecule has 2 atom stereocenters. The molecule has 0 bridgehead atoms. The fourth-order valence-electron chi connectivity index (χ4n) is 2.27. The molecule has 1 aliphatic rings. The third kappa shape index (κ3) is 4.51. The summed E-state index contributed by atoms with van der Waals surface area (Å²) in [5, 5.41) is 0. The Kier molecular flexibility index (Phi) is 7.28. The van der Waals surface area contributed by atoms with Gasteiger partial charge in [0.15, 0.2) is 0 Å². The van der Waals surface area contributed by atoms with Crippen LogP contribution in [0.25, 0.3) is 0 Å². The zero-order valence-corrected chi connectivity index (χ0v) is 13.8. The summed E-state index contributed by atoms with van der Waals surface area (Å²) in [5.41, 5.74) is 0. The van der Waals surface area contributed by atoms with Crippen molar-refractivity contribution in [2.24, 2.45) is 0 Å². The number of hydrogen-bond donors (Lipinski definition) is 0. The summed E-state index contributed by atoms with van der Waals surface area (Å²) in [5.74, 6) is 0. The summed E-state index contributed by atoms with van der Waals surface area (Å²) < 4.78 is 20.3. The molecule has 1 saturated heterocycles. The predicted octanol–water partition coefficient (Wildman–Crippen LogP) is 3.44. The minimum absolute atomic E-state index is 0.0259. The summed E-state index contributed by atoms with van der Waals surface area (Å²) in [6.45, 7) is 7.89. The molecule has 0 N–H and O–H groups in total. The van der Waals surface area contributed by atoms with Gasteiger partial charge in [-0.05, 0) is 0 Å². The third-order valence-electron chi connectivity index (χ3n) is 3.01. The van der Waals surface area contributed by atoms with E-state index in [0.29, 0.717) is 0 Å². The summed E-state index contributed by atoms with van der Waals surface area (Å²) in [7, 11) is 0. The molecule has 1 heterocycles. The third-order valence-corrected chi connectivity index (χ3v) is 13.7. The first kappa shape index (κ1) is 14.7. The van der Waals surface area contributed by atoms with Crippen LogP contribution in [0.15, 0.2) is 0 Å². The van der Waals surface area contributed by atoms with Crippen molar-refractivity contribution in [2.45, 2.75) is 61.6 Å². The Hall–Kier alpha value is 0.679. The second-order valence-corrected chi connectivity index (χ2v) is 13.9. The van der Waals surface area contributed by atoms with Crippen molar-refractivity contribution in [1.82, 2.24) is 0 Å². The standard InChI is InChI=1S/C6H12O2.C4H9.C2H5O.Sn/c1-3-5-6(7)8-4-2;1-3-4-2;1-2-3;/h6H,1,3-5H2,2H3;1,3-4H2,2H3;2H2,1H3;/q-1;;-1;+2. The van der Waals surface area contributed by atoms with Crippen LogP contribution in [0.1, 0.15) is 46.5 Å². The Morgan fingerprint density at radius 2 is 2.06 bits per heavy atom. The molecule has 0 spiro atoms. The SMILES string of the molecule is CCC[CH2][Sn]1([O]CC)[CH2]CCC(OCC)[O]1. The number of unbranched alkanes of at least 4 members (excludes halogenated alkanes) is 1. The first-order chi connectivity index (χ1) is 7.76. The molecule has 4 heteroatoms. The molecule has 1 fully saturated rings. The average Bonchev–Trinajstić information content (AvgIpc) is 2.28. The van der Waals surface area contributed by atoms with E-state index in [1.807, 2.05) is 6.92 Å². The van der Waals surface area contributed by atoms with E-state index < -0.39 is 19.2 Å². The Labute approximate surface area is 105 Å². The Bertz CT molecular complexity index is 183. The topological polar surface area (TPSA) is 27.7 Å². The van der Waals surface area contributed by atoms with Crippen LogP contribution < -0.4 is 0 Å². The molecule has 0 aromatic heterocycles. The van der Waals surface area contributed by atoms with Crippen LogP contribution in [0.3, 0.4) is 0 Å². The molecule has 1 rings (SSSR count). The fourth-order valence-corrected chi connectivity index (χ4v) is 12.7. The Morgan fingerprint density at radius 1 is 1.25 bits per heavy atom. The average molecular weight is 337 g/mol. The van der Waals surface area contributed by atoms with Crippen LogP contribution >= 0.6 is 0 Å². The van der Waals surface area contributed by atoms with Gasteiger partial charge in [0.2, 0.25) is 0 Å². The Morgan fingerprint density at radius 3 is 2.69 bits per heavy atom. The molecule has 0 amide bonds. The van der Waals surface area contributed by atoms with Gasteiger partial charge in [0.05, 0.1) is 0 Å². The van der Waals surface area contributed by atoms with Crippen LogP contribution in [-0.4, -0.2) is 38.7 Å². The zero-order chi connectivity index (χ0) is 11.9. The summed E-state index contributed by atoms with van der Waals surface area (Å²) in [4.78, 5) is 0. The van der Waals surface area contributed by atoms with Gasteiger partial charge >= 0.3 is 105 Å². The van der Waals surface area contributed by atoms with E-state index in [0.717, 1.165) is 19.6 Å². The van der Waals surface area contributed by atoms with E-state index >= 15 is 0 Å². The molecule has 0 aliphatic carbocycles. The van der Waals surface area contributed by atoms with Crippen molar-refractivity contribution in [3.05, 3.63) is 0 Å². The van der Waals surface area contributed by atoms with Crippen molar-refractivity contribution >= 4 is 19.2 Å². The maximum absolute atomic E-state index is 6.22. The van der Waals surface area contributed by atoms with E-state index in [1.165, 1.54) is 28.1 Å². The first-order valence-electron chi connectivity index (χ1n) is 6.69. The molecule has 2 unspecified atom stereocenters. The van der Waals surface area contributed by atoms with Gasteiger partial charge in [-0.3, -0.25) is 0 Å². The van der Waals surface area contributed by atoms with Crippen LogP contribution in [-0.2, 0) is 10.9 Å². The normalized spacial score (nSPS) is 30.6. The quantitative estimate of drug-likeness (QED) is 0.666. The monoisotopic (exact) mass is 338 g/mol. The van der Waals surface area contributed by atoms with Gasteiger partial charge in [-0.25, -0.2) is 0 Å².